The van der Waals surface area contributed by atoms with Gasteiger partial charge in [0, 0.05) is 24.7 Å². The van der Waals surface area contributed by atoms with Crippen LogP contribution in [0, 0.1) is 5.82 Å². The van der Waals surface area contributed by atoms with Crippen molar-refractivity contribution in [3.63, 3.8) is 0 Å². The van der Waals surface area contributed by atoms with Crippen molar-refractivity contribution < 1.29 is 31.5 Å². The minimum Gasteiger partial charge on any atom is -0.487 e. The number of hydrogen-bond donors (Lipinski definition) is 2. The number of halogens is 6. The van der Waals surface area contributed by atoms with E-state index in [0.717, 1.165) is 43.4 Å². The molecule has 4 rings (SSSR count). The predicted octanol–water partition coefficient (Wildman–Crippen LogP) is 6.88. The number of amides is 2. The van der Waals surface area contributed by atoms with Crippen LogP contribution in [-0.2, 0) is 12.0 Å². The molecule has 1 aromatic heterocycles. The third-order valence-corrected chi connectivity index (χ3v) is 6.83. The van der Waals surface area contributed by atoms with Crippen LogP contribution in [0.5, 0.6) is 5.75 Å². The van der Waals surface area contributed by atoms with Crippen LogP contribution in [0.1, 0.15) is 42.5 Å². The number of carbonyl (C=O) groups excluding carboxylic acids is 1. The van der Waals surface area contributed by atoms with E-state index in [4.69, 9.17) is 16.3 Å². The van der Waals surface area contributed by atoms with Crippen molar-refractivity contribution in [3.8, 4) is 5.75 Å². The van der Waals surface area contributed by atoms with E-state index in [1.165, 1.54) is 12.3 Å². The van der Waals surface area contributed by atoms with Crippen LogP contribution < -0.4 is 15.4 Å². The van der Waals surface area contributed by atoms with Crippen LogP contribution in [0.15, 0.2) is 66.9 Å². The molecule has 1 aliphatic carbocycles. The first-order chi connectivity index (χ1) is 18.6. The van der Waals surface area contributed by atoms with Gasteiger partial charge in [0.1, 0.15) is 17.1 Å². The molecule has 1 aliphatic rings. The second-order valence-electron chi connectivity index (χ2n) is 9.54. The average Bonchev–Trinajstić information content (AvgIpc) is 3.40. The lowest BCUT2D eigenvalue weighted by atomic mass is 9.80. The maximum atomic E-state index is 14.9. The van der Waals surface area contributed by atoms with Crippen LogP contribution in [-0.4, -0.2) is 36.0 Å². The number of ether oxygens (including phenoxy) is 1. The molecule has 0 spiro atoms. The number of pyridine rings is 1. The molecule has 11 heteroatoms. The Morgan fingerprint density at radius 2 is 1.79 bits per heavy atom. The lowest BCUT2D eigenvalue weighted by Gasteiger charge is -2.36. The van der Waals surface area contributed by atoms with E-state index in [0.29, 0.717) is 5.02 Å². The lowest BCUT2D eigenvalue weighted by Crippen LogP contribution is -2.54. The Morgan fingerprint density at radius 1 is 1.08 bits per heavy atom. The molecule has 1 fully saturated rings. The van der Waals surface area contributed by atoms with Gasteiger partial charge in [-0.3, -0.25) is 4.98 Å². The molecule has 0 unspecified atom stereocenters. The Bertz CT molecular complexity index is 1260. The Hall–Kier alpha value is -3.40. The lowest BCUT2D eigenvalue weighted by molar-refractivity contribution is -0.148. The minimum atomic E-state index is -4.44. The summed E-state index contributed by atoms with van der Waals surface area (Å²) < 4.78 is 72.4. The number of benzene rings is 2. The Morgan fingerprint density at radius 3 is 2.44 bits per heavy atom. The van der Waals surface area contributed by atoms with Crippen molar-refractivity contribution in [2.75, 3.05) is 6.61 Å². The summed E-state index contributed by atoms with van der Waals surface area (Å²) >= 11 is 6.07. The van der Waals surface area contributed by atoms with Crippen LogP contribution in [0.4, 0.5) is 26.7 Å². The summed E-state index contributed by atoms with van der Waals surface area (Å²) in [6.45, 7) is -1.66. The van der Waals surface area contributed by atoms with E-state index < -0.39 is 42.1 Å². The van der Waals surface area contributed by atoms with Crippen LogP contribution in [0.2, 0.25) is 5.02 Å². The maximum absolute atomic E-state index is 14.9. The first-order valence-electron chi connectivity index (χ1n) is 12.4. The van der Waals surface area contributed by atoms with Crippen molar-refractivity contribution in [3.05, 3.63) is 94.5 Å². The van der Waals surface area contributed by atoms with Gasteiger partial charge < -0.3 is 15.4 Å². The number of aromatic nitrogens is 1. The highest BCUT2D eigenvalue weighted by Crippen LogP contribution is 2.36. The minimum absolute atomic E-state index is 0.0411. The number of alkyl halides is 4. The summed E-state index contributed by atoms with van der Waals surface area (Å²) in [6.07, 6.45) is 1.08. The molecule has 1 heterocycles. The fraction of sp³-hybridized carbons (Fsp3) is 0.357. The molecule has 39 heavy (non-hydrogen) atoms. The third kappa shape index (κ3) is 7.17. The predicted molar refractivity (Wildman–Crippen MR) is 137 cm³/mol. The summed E-state index contributed by atoms with van der Waals surface area (Å²) in [6, 6.07) is 14.7. The molecule has 1 atom stereocenters. The van der Waals surface area contributed by atoms with Crippen molar-refractivity contribution in [2.24, 2.45) is 0 Å². The molecule has 0 bridgehead atoms. The van der Waals surface area contributed by atoms with Crippen molar-refractivity contribution >= 4 is 17.6 Å². The van der Waals surface area contributed by atoms with Gasteiger partial charge in [-0.1, -0.05) is 54.8 Å². The van der Waals surface area contributed by atoms with Gasteiger partial charge in [-0.2, -0.15) is 8.78 Å². The monoisotopic (exact) mass is 567 g/mol. The second kappa shape index (κ2) is 12.2. The molecular formula is C28H27ClF5N3O2. The first-order valence-corrected chi connectivity index (χ1v) is 12.8. The van der Waals surface area contributed by atoms with Crippen molar-refractivity contribution in [1.29, 1.82) is 0 Å². The molecule has 3 aromatic rings. The highest BCUT2D eigenvalue weighted by Gasteiger charge is 2.42. The van der Waals surface area contributed by atoms with Gasteiger partial charge >= 0.3 is 18.4 Å². The van der Waals surface area contributed by atoms with Crippen LogP contribution in [0.3, 0.4) is 0 Å². The highest BCUT2D eigenvalue weighted by atomic mass is 35.5. The smallest absolute Gasteiger partial charge is 0.340 e. The molecule has 5 nitrogen and oxygen atoms in total. The molecule has 2 aromatic carbocycles. The van der Waals surface area contributed by atoms with E-state index in [2.05, 4.69) is 15.6 Å². The van der Waals surface area contributed by atoms with Gasteiger partial charge in [0.05, 0.1) is 10.7 Å². The van der Waals surface area contributed by atoms with Gasteiger partial charge in [0.2, 0.25) is 0 Å². The van der Waals surface area contributed by atoms with E-state index in [9.17, 15) is 26.7 Å². The fourth-order valence-corrected chi connectivity index (χ4v) is 4.78. The topological polar surface area (TPSA) is 63.2 Å². The summed E-state index contributed by atoms with van der Waals surface area (Å²) in [7, 11) is 0. The van der Waals surface area contributed by atoms with Crippen LogP contribution >= 0.6 is 11.6 Å². The van der Waals surface area contributed by atoms with Crippen molar-refractivity contribution in [1.82, 2.24) is 15.6 Å². The van der Waals surface area contributed by atoms with E-state index in [1.807, 2.05) is 6.07 Å². The Kier molecular flexibility index (Phi) is 8.94. The van der Waals surface area contributed by atoms with Gasteiger partial charge in [-0.15, -0.1) is 0 Å². The fourth-order valence-electron chi connectivity index (χ4n) is 4.67. The standard InChI is InChI=1S/C28H27ClF5N3O2/c29-20-10-11-24(35-16-20)27(15-18-6-2-1-3-7-18,37-26(38)36-22-8-4-5-9-22)19-12-21(30)14-23(13-19)39-17-28(33,34)25(31)32/h1-3,6-7,10-14,16,22,25H,4-5,8-9,15,17H2,(H2,36,37,38)/t27-/m1/s1. The number of nitrogens with zero attached hydrogens (tertiary/aromatic N) is 1. The number of urea groups is 1. The third-order valence-electron chi connectivity index (χ3n) is 6.61. The van der Waals surface area contributed by atoms with E-state index in [1.54, 1.807) is 36.4 Å². The normalized spacial score (nSPS) is 15.7. The Balaban J connectivity index is 1.81. The van der Waals surface area contributed by atoms with Gasteiger partial charge in [-0.05, 0) is 48.2 Å². The molecule has 2 amide bonds. The largest absolute Gasteiger partial charge is 0.487 e. The summed E-state index contributed by atoms with van der Waals surface area (Å²) in [4.78, 5) is 17.8. The second-order valence-corrected chi connectivity index (χ2v) is 9.97. The molecule has 0 aliphatic heterocycles. The molecular weight excluding hydrogens is 541 g/mol. The molecule has 2 N–H and O–H groups in total. The molecule has 0 saturated heterocycles. The zero-order valence-corrected chi connectivity index (χ0v) is 21.5. The average molecular weight is 568 g/mol. The first kappa shape index (κ1) is 28.6. The van der Waals surface area contributed by atoms with Crippen molar-refractivity contribution in [2.45, 2.75) is 56.0 Å². The Labute approximate surface area is 227 Å². The number of rotatable bonds is 10. The van der Waals surface area contributed by atoms with Crippen LogP contribution in [0.25, 0.3) is 0 Å². The number of hydrogen-bond acceptors (Lipinski definition) is 3. The maximum Gasteiger partial charge on any atom is 0.340 e. The molecule has 0 radical (unpaired) electrons. The summed E-state index contributed by atoms with van der Waals surface area (Å²) in [5.41, 5.74) is -0.392. The van der Waals surface area contributed by atoms with Gasteiger partial charge in [0.15, 0.2) is 6.61 Å². The highest BCUT2D eigenvalue weighted by molar-refractivity contribution is 6.30. The summed E-state index contributed by atoms with van der Waals surface area (Å²) in [5, 5.41) is 6.22. The number of nitrogens with one attached hydrogen (secondary N) is 2. The zero-order valence-electron chi connectivity index (χ0n) is 20.8. The van der Waals surface area contributed by atoms with E-state index >= 15 is 0 Å². The van der Waals surface area contributed by atoms with E-state index in [-0.39, 0.29) is 23.7 Å². The molecule has 208 valence electrons. The summed E-state index contributed by atoms with van der Waals surface area (Å²) in [5.74, 6) is -5.73. The quantitative estimate of drug-likeness (QED) is 0.263. The van der Waals surface area contributed by atoms with Gasteiger partial charge in [-0.25, -0.2) is 18.0 Å². The van der Waals surface area contributed by atoms with Gasteiger partial charge in [0.25, 0.3) is 0 Å². The molecule has 1 saturated carbocycles. The number of carbonyl (C=O) groups is 1. The zero-order chi connectivity index (χ0) is 28.0. The SMILES string of the molecule is O=C(NC1CCCC1)N[C@](Cc1ccccc1)(c1cc(F)cc(OCC(F)(F)C(F)F)c1)c1ccc(Cl)cn1.